The molecule has 0 saturated carbocycles. The van der Waals surface area contributed by atoms with Crippen LogP contribution in [0.5, 0.6) is 5.75 Å². The summed E-state index contributed by atoms with van der Waals surface area (Å²) >= 11 is 16.5. The van der Waals surface area contributed by atoms with Gasteiger partial charge in [0.2, 0.25) is 5.91 Å². The van der Waals surface area contributed by atoms with Crippen molar-refractivity contribution in [2.45, 2.75) is 36.1 Å². The predicted molar refractivity (Wildman–Crippen MR) is 136 cm³/mol. The number of carbonyl (C=O) groups excluding carboxylic acids is 2. The third kappa shape index (κ3) is 7.40. The average molecular weight is 564 g/mol. The number of likely N-dealkylation sites (tertiary alicyclic amines) is 1. The van der Waals surface area contributed by atoms with Crippen molar-refractivity contribution in [3.05, 3.63) is 35.7 Å². The van der Waals surface area contributed by atoms with Gasteiger partial charge in [-0.3, -0.25) is 4.79 Å². The summed E-state index contributed by atoms with van der Waals surface area (Å²) in [6.07, 6.45) is 4.89. The Bertz CT molecular complexity index is 973. The molecule has 1 aliphatic carbocycles. The Morgan fingerprint density at radius 1 is 1.06 bits per heavy atom. The minimum Gasteiger partial charge on any atom is -0.490 e. The van der Waals surface area contributed by atoms with Crippen LogP contribution in [0.4, 0.5) is 9.18 Å². The number of hydrogen-bond acceptors (Lipinski definition) is 5. The molecular weight excluding hydrogens is 534 g/mol. The zero-order chi connectivity index (χ0) is 25.7. The molecule has 1 aromatic carbocycles. The quantitative estimate of drug-likeness (QED) is 0.448. The van der Waals surface area contributed by atoms with Gasteiger partial charge < -0.3 is 24.0 Å². The average Bonchev–Trinajstić information content (AvgIpc) is 2.87. The van der Waals surface area contributed by atoms with Crippen LogP contribution in [0.3, 0.4) is 0 Å². The number of rotatable bonds is 5. The van der Waals surface area contributed by atoms with Crippen LogP contribution >= 0.6 is 34.8 Å². The van der Waals surface area contributed by atoms with Crippen LogP contribution in [0.15, 0.2) is 24.3 Å². The van der Waals surface area contributed by atoms with Crippen molar-refractivity contribution in [2.75, 3.05) is 46.0 Å². The van der Waals surface area contributed by atoms with Gasteiger partial charge in [-0.25, -0.2) is 9.18 Å². The van der Waals surface area contributed by atoms with E-state index >= 15 is 0 Å². The van der Waals surface area contributed by atoms with Gasteiger partial charge in [0, 0.05) is 32.1 Å². The van der Waals surface area contributed by atoms with Crippen molar-refractivity contribution >= 4 is 52.4 Å². The predicted octanol–water partition coefficient (Wildman–Crippen LogP) is 5.42. The van der Waals surface area contributed by atoms with Crippen LogP contribution in [0.25, 0.3) is 5.57 Å². The van der Waals surface area contributed by atoms with Crippen molar-refractivity contribution in [2.24, 2.45) is 11.8 Å². The monoisotopic (exact) mass is 562 g/mol. The second-order valence-electron chi connectivity index (χ2n) is 9.34. The fourth-order valence-electron chi connectivity index (χ4n) is 4.83. The molecule has 7 nitrogen and oxygen atoms in total. The number of ether oxygens (including phenoxy) is 3. The third-order valence-corrected chi connectivity index (χ3v) is 7.17. The van der Waals surface area contributed by atoms with E-state index in [0.29, 0.717) is 65.3 Å². The van der Waals surface area contributed by atoms with Gasteiger partial charge in [0.25, 0.3) is 0 Å². The number of piperidine rings is 1. The minimum absolute atomic E-state index is 0.0186. The normalized spacial score (nSPS) is 21.7. The number of halogens is 4. The van der Waals surface area contributed by atoms with E-state index in [1.807, 2.05) is 11.0 Å². The summed E-state index contributed by atoms with van der Waals surface area (Å²) in [5.74, 6) is 0.131. The molecule has 2 heterocycles. The number of allylic oxidation sites excluding steroid dienone is 2. The lowest BCUT2D eigenvalue weighted by Crippen LogP contribution is -2.44. The molecule has 0 bridgehead atoms. The van der Waals surface area contributed by atoms with Crippen LogP contribution < -0.4 is 4.74 Å². The summed E-state index contributed by atoms with van der Waals surface area (Å²) < 4.78 is 28.5. The van der Waals surface area contributed by atoms with Gasteiger partial charge in [-0.2, -0.15) is 0 Å². The molecule has 3 aliphatic rings. The summed E-state index contributed by atoms with van der Waals surface area (Å²) in [4.78, 5) is 28.1. The van der Waals surface area contributed by atoms with E-state index < -0.39 is 15.9 Å². The van der Waals surface area contributed by atoms with Crippen LogP contribution in [0.2, 0.25) is 0 Å². The molecule has 2 saturated heterocycles. The Hall–Kier alpha value is -1.74. The fourth-order valence-corrected chi connectivity index (χ4v) is 5.03. The first-order valence-electron chi connectivity index (χ1n) is 12.2. The lowest BCUT2D eigenvalue weighted by Gasteiger charge is -2.32. The Morgan fingerprint density at radius 3 is 2.39 bits per heavy atom. The van der Waals surface area contributed by atoms with Gasteiger partial charge in [-0.15, -0.1) is 0 Å². The molecule has 0 N–H and O–H groups in total. The molecule has 0 spiro atoms. The van der Waals surface area contributed by atoms with E-state index in [9.17, 15) is 14.0 Å². The molecule has 11 heteroatoms. The Morgan fingerprint density at radius 2 is 1.78 bits per heavy atom. The van der Waals surface area contributed by atoms with Gasteiger partial charge in [-0.1, -0.05) is 12.1 Å². The number of hydrogen-bond donors (Lipinski definition) is 0. The molecule has 1 atom stereocenters. The molecule has 36 heavy (non-hydrogen) atoms. The molecule has 0 radical (unpaired) electrons. The van der Waals surface area contributed by atoms with Crippen molar-refractivity contribution in [1.82, 2.24) is 9.80 Å². The topological polar surface area (TPSA) is 68.3 Å². The zero-order valence-corrected chi connectivity index (χ0v) is 22.2. The summed E-state index contributed by atoms with van der Waals surface area (Å²) in [5.41, 5.74) is 1.87. The molecule has 2 amide bonds. The third-order valence-electron chi connectivity index (χ3n) is 6.94. The van der Waals surface area contributed by atoms with Crippen LogP contribution in [-0.2, 0) is 14.3 Å². The van der Waals surface area contributed by atoms with E-state index in [1.54, 1.807) is 6.07 Å². The fraction of sp³-hybridized carbons (Fsp3) is 0.600. The van der Waals surface area contributed by atoms with E-state index in [4.69, 9.17) is 49.0 Å². The number of benzene rings is 1. The Labute approximate surface area is 225 Å². The summed E-state index contributed by atoms with van der Waals surface area (Å²) in [5, 5.41) is 0. The molecule has 0 aromatic heterocycles. The smallest absolute Gasteiger partial charge is 0.413 e. The van der Waals surface area contributed by atoms with Gasteiger partial charge in [0.05, 0.1) is 19.8 Å². The summed E-state index contributed by atoms with van der Waals surface area (Å²) in [6.45, 7) is 3.73. The number of alkyl halides is 3. The maximum absolute atomic E-state index is 14.8. The van der Waals surface area contributed by atoms with E-state index in [1.165, 1.54) is 11.0 Å². The van der Waals surface area contributed by atoms with Crippen molar-refractivity contribution in [3.8, 4) is 5.75 Å². The molecule has 1 unspecified atom stereocenters. The maximum atomic E-state index is 14.8. The SMILES string of the molecule is O=C(OC(Cl)(Cl)Cl)N1CCC(COc2ccc(C3=CCC(C(=O)N4CCOCC4)CC3)cc2F)CC1. The maximum Gasteiger partial charge on any atom is 0.413 e. The van der Waals surface area contributed by atoms with Crippen molar-refractivity contribution in [3.63, 3.8) is 0 Å². The minimum atomic E-state index is -2.09. The number of nitrogens with zero attached hydrogens (tertiary/aromatic N) is 2. The van der Waals surface area contributed by atoms with Gasteiger partial charge in [-0.05, 0) is 96.1 Å². The number of carbonyl (C=O) groups is 2. The number of morpholine rings is 1. The molecular formula is C25H30Cl3FN2O5. The zero-order valence-electron chi connectivity index (χ0n) is 19.9. The van der Waals surface area contributed by atoms with Crippen LogP contribution in [0, 0.1) is 17.7 Å². The van der Waals surface area contributed by atoms with Crippen LogP contribution in [-0.4, -0.2) is 71.8 Å². The van der Waals surface area contributed by atoms with Gasteiger partial charge in [0.1, 0.15) is 0 Å². The lowest BCUT2D eigenvalue weighted by atomic mass is 9.85. The standard InChI is InChI=1S/C25H30Cl3FN2O5/c26-25(27,28)36-24(33)31-9-7-17(8-10-31)16-35-22-6-5-20(15-21(22)29)18-1-3-19(4-2-18)23(32)30-11-13-34-14-12-30/h1,5-6,15,17,19H,2-4,7-14,16H2. The van der Waals surface area contributed by atoms with Gasteiger partial charge >= 0.3 is 10.1 Å². The number of amides is 2. The van der Waals surface area contributed by atoms with Gasteiger partial charge in [0.15, 0.2) is 11.6 Å². The first-order chi connectivity index (χ1) is 17.2. The lowest BCUT2D eigenvalue weighted by molar-refractivity contribution is -0.139. The Balaban J connectivity index is 1.24. The van der Waals surface area contributed by atoms with E-state index in [-0.39, 0.29) is 23.5 Å². The largest absolute Gasteiger partial charge is 0.490 e. The first kappa shape index (κ1) is 27.3. The van der Waals surface area contributed by atoms with Crippen molar-refractivity contribution in [1.29, 1.82) is 0 Å². The second-order valence-corrected chi connectivity index (χ2v) is 11.5. The summed E-state index contributed by atoms with van der Waals surface area (Å²) in [7, 11) is 0. The molecule has 2 aliphatic heterocycles. The molecule has 2 fully saturated rings. The highest BCUT2D eigenvalue weighted by Gasteiger charge is 2.31. The highest BCUT2D eigenvalue weighted by Crippen LogP contribution is 2.34. The highest BCUT2D eigenvalue weighted by molar-refractivity contribution is 6.66. The molecule has 4 rings (SSSR count). The van der Waals surface area contributed by atoms with E-state index in [2.05, 4.69) is 6.08 Å². The summed E-state index contributed by atoms with van der Waals surface area (Å²) in [6, 6.07) is 5.02. The molecule has 198 valence electrons. The Kier molecular flexibility index (Phi) is 9.25. The first-order valence-corrected chi connectivity index (χ1v) is 13.4. The van der Waals surface area contributed by atoms with Crippen molar-refractivity contribution < 1.29 is 28.2 Å². The highest BCUT2D eigenvalue weighted by atomic mass is 35.6. The van der Waals surface area contributed by atoms with Crippen LogP contribution in [0.1, 0.15) is 37.7 Å². The van der Waals surface area contributed by atoms with E-state index in [0.717, 1.165) is 24.0 Å². The molecule has 1 aromatic rings. The second kappa shape index (κ2) is 12.2.